The Bertz CT molecular complexity index is 1920. The molecule has 2 unspecified atom stereocenters. The standard InChI is InChI=1S/C33H31N9O2/c1-40-18-25(17-37-40)23-9-28(31-24(13-34)16-38-41(31)19-23)21-3-5-29(35-14-21)42-26-7-20-8-27(42)12-33(10-20,11-26)39-32(43)22-4-6-30(44-2)36-15-22/h3-6,9,14-20,26-27H,7-8,10-12H2,1-2H3,(H,39,43)/t20?,26-,27+,33?. The van der Waals surface area contributed by atoms with Gasteiger partial charge in [-0.15, -0.1) is 0 Å². The number of aryl methyl sites for hydroxylation is 1. The van der Waals surface area contributed by atoms with Gasteiger partial charge in [0, 0.05) is 77.8 Å². The molecule has 4 aliphatic rings. The summed E-state index contributed by atoms with van der Waals surface area (Å²) >= 11 is 0. The molecule has 11 heteroatoms. The Kier molecular flexibility index (Phi) is 5.94. The van der Waals surface area contributed by atoms with Crippen molar-refractivity contribution in [3.05, 3.63) is 78.6 Å². The number of nitrogens with zero attached hydrogens (tertiary/aromatic N) is 8. The quantitative estimate of drug-likeness (QED) is 0.311. The Hall–Kier alpha value is -5.24. The largest absolute Gasteiger partial charge is 0.481 e. The van der Waals surface area contributed by atoms with Gasteiger partial charge in [-0.1, -0.05) is 0 Å². The minimum absolute atomic E-state index is 0.0763. The minimum Gasteiger partial charge on any atom is -0.481 e. The van der Waals surface area contributed by atoms with Gasteiger partial charge in [0.15, 0.2) is 0 Å². The van der Waals surface area contributed by atoms with Gasteiger partial charge in [-0.2, -0.15) is 15.5 Å². The summed E-state index contributed by atoms with van der Waals surface area (Å²) in [4.78, 5) is 24.9. The molecule has 5 aromatic heterocycles. The Balaban J connectivity index is 1.07. The first kappa shape index (κ1) is 26.4. The second kappa shape index (κ2) is 9.91. The summed E-state index contributed by atoms with van der Waals surface area (Å²) in [6.07, 6.45) is 15.8. The lowest BCUT2D eigenvalue weighted by Crippen LogP contribution is -2.69. The number of hydrogen-bond donors (Lipinski definition) is 1. The number of carbonyl (C=O) groups is 1. The molecule has 7 heterocycles. The van der Waals surface area contributed by atoms with Crippen molar-refractivity contribution in [2.24, 2.45) is 13.0 Å². The molecule has 1 N–H and O–H groups in total. The van der Waals surface area contributed by atoms with E-state index in [0.29, 0.717) is 35.0 Å². The van der Waals surface area contributed by atoms with Crippen molar-refractivity contribution < 1.29 is 9.53 Å². The molecule has 0 radical (unpaired) electrons. The van der Waals surface area contributed by atoms with Gasteiger partial charge in [0.1, 0.15) is 11.9 Å². The summed E-state index contributed by atoms with van der Waals surface area (Å²) in [5, 5.41) is 22.0. The Morgan fingerprint density at radius 3 is 2.48 bits per heavy atom. The van der Waals surface area contributed by atoms with Gasteiger partial charge in [-0.05, 0) is 62.3 Å². The summed E-state index contributed by atoms with van der Waals surface area (Å²) in [6.45, 7) is 0. The van der Waals surface area contributed by atoms with Crippen molar-refractivity contribution in [2.75, 3.05) is 12.0 Å². The van der Waals surface area contributed by atoms with Crippen molar-refractivity contribution in [1.29, 1.82) is 5.26 Å². The number of anilines is 1. The molecule has 4 bridgehead atoms. The van der Waals surface area contributed by atoms with Crippen LogP contribution in [0.15, 0.2) is 67.5 Å². The van der Waals surface area contributed by atoms with Crippen LogP contribution in [0.3, 0.4) is 0 Å². The van der Waals surface area contributed by atoms with Crippen LogP contribution in [-0.4, -0.2) is 60.0 Å². The number of hydrogen-bond acceptors (Lipinski definition) is 8. The fraction of sp³-hybridized carbons (Fsp3) is 0.333. The van der Waals surface area contributed by atoms with Gasteiger partial charge >= 0.3 is 0 Å². The molecule has 2 aliphatic carbocycles. The SMILES string of the molecule is COc1ccc(C(=O)NC23CC4C[C@H](C2)N(c2ccc(-c5cc(-c6cnn(C)c6)cn6ncc(C#N)c56)cn2)[C@@H](C4)C3)cn1. The van der Waals surface area contributed by atoms with Crippen molar-refractivity contribution in [3.63, 3.8) is 0 Å². The fourth-order valence-corrected chi connectivity index (χ4v) is 7.95. The van der Waals surface area contributed by atoms with Crippen LogP contribution in [0.2, 0.25) is 0 Å². The number of pyridine rings is 3. The van der Waals surface area contributed by atoms with E-state index >= 15 is 0 Å². The van der Waals surface area contributed by atoms with Gasteiger partial charge < -0.3 is 15.0 Å². The number of methoxy groups -OCH3 is 1. The zero-order valence-corrected chi connectivity index (χ0v) is 24.5. The second-order valence-electron chi connectivity index (χ2n) is 12.4. The molecule has 220 valence electrons. The van der Waals surface area contributed by atoms with Crippen LogP contribution in [0.25, 0.3) is 27.8 Å². The van der Waals surface area contributed by atoms with Crippen molar-refractivity contribution in [1.82, 2.24) is 34.7 Å². The molecule has 1 amide bonds. The molecule has 9 rings (SSSR count). The van der Waals surface area contributed by atoms with Crippen molar-refractivity contribution >= 4 is 17.2 Å². The number of carbonyl (C=O) groups excluding carboxylic acids is 1. The Morgan fingerprint density at radius 1 is 0.977 bits per heavy atom. The highest BCUT2D eigenvalue weighted by atomic mass is 16.5. The maximum absolute atomic E-state index is 13.2. The maximum atomic E-state index is 13.2. The summed E-state index contributed by atoms with van der Waals surface area (Å²) in [7, 11) is 3.46. The molecule has 4 atom stereocenters. The molecule has 4 fully saturated rings. The molecule has 11 nitrogen and oxygen atoms in total. The first-order valence-corrected chi connectivity index (χ1v) is 14.9. The van der Waals surface area contributed by atoms with E-state index in [-0.39, 0.29) is 11.4 Å². The molecule has 2 saturated carbocycles. The second-order valence-corrected chi connectivity index (χ2v) is 12.4. The summed E-state index contributed by atoms with van der Waals surface area (Å²) in [5.74, 6) is 1.96. The molecule has 0 aromatic carbocycles. The van der Waals surface area contributed by atoms with Crippen molar-refractivity contribution in [3.8, 4) is 34.2 Å². The average Bonchev–Trinajstić information content (AvgIpc) is 3.66. The van der Waals surface area contributed by atoms with Crippen LogP contribution in [0, 0.1) is 17.2 Å². The molecular weight excluding hydrogens is 554 g/mol. The van der Waals surface area contributed by atoms with Crippen LogP contribution >= 0.6 is 0 Å². The van der Waals surface area contributed by atoms with E-state index in [1.807, 2.05) is 31.8 Å². The smallest absolute Gasteiger partial charge is 0.253 e. The topological polar surface area (TPSA) is 126 Å². The third-order valence-corrected chi connectivity index (χ3v) is 9.61. The predicted molar refractivity (Wildman–Crippen MR) is 163 cm³/mol. The Morgan fingerprint density at radius 2 is 1.82 bits per heavy atom. The first-order chi connectivity index (χ1) is 21.4. The normalized spacial score (nSPS) is 23.6. The van der Waals surface area contributed by atoms with Crippen LogP contribution in [-0.2, 0) is 7.05 Å². The van der Waals surface area contributed by atoms with Gasteiger partial charge in [0.05, 0.1) is 36.1 Å². The van der Waals surface area contributed by atoms with Gasteiger partial charge in [-0.3, -0.25) is 9.48 Å². The highest BCUT2D eigenvalue weighted by Crippen LogP contribution is 2.52. The number of amides is 1. The predicted octanol–water partition coefficient (Wildman–Crippen LogP) is 4.39. The van der Waals surface area contributed by atoms with E-state index in [4.69, 9.17) is 9.72 Å². The lowest BCUT2D eigenvalue weighted by Gasteiger charge is -2.62. The number of piperidine rings is 2. The molecule has 0 spiro atoms. The minimum atomic E-state index is -0.210. The van der Waals surface area contributed by atoms with E-state index in [9.17, 15) is 10.1 Å². The zero-order valence-electron chi connectivity index (χ0n) is 24.5. The van der Waals surface area contributed by atoms with E-state index in [1.165, 1.54) is 0 Å². The zero-order chi connectivity index (χ0) is 30.0. The number of rotatable bonds is 6. The lowest BCUT2D eigenvalue weighted by atomic mass is 9.59. The molecular formula is C33H31N9O2. The molecule has 2 saturated heterocycles. The van der Waals surface area contributed by atoms with Crippen LogP contribution < -0.4 is 15.0 Å². The highest BCUT2D eigenvalue weighted by molar-refractivity contribution is 5.94. The van der Waals surface area contributed by atoms with Gasteiger partial charge in [0.2, 0.25) is 5.88 Å². The highest BCUT2D eigenvalue weighted by Gasteiger charge is 2.55. The number of nitrogens with one attached hydrogen (secondary N) is 1. The van der Waals surface area contributed by atoms with E-state index in [0.717, 1.165) is 65.7 Å². The summed E-state index contributed by atoms with van der Waals surface area (Å²) in [5.41, 5.74) is 5.36. The number of nitriles is 1. The third-order valence-electron chi connectivity index (χ3n) is 9.61. The number of ether oxygens (including phenoxy) is 1. The fourth-order valence-electron chi connectivity index (χ4n) is 7.95. The van der Waals surface area contributed by atoms with Gasteiger partial charge in [0.25, 0.3) is 5.91 Å². The van der Waals surface area contributed by atoms with Gasteiger partial charge in [-0.25, -0.2) is 14.5 Å². The van der Waals surface area contributed by atoms with E-state index in [2.05, 4.69) is 49.7 Å². The molecule has 2 aliphatic heterocycles. The molecule has 44 heavy (non-hydrogen) atoms. The first-order valence-electron chi connectivity index (χ1n) is 14.9. The number of fused-ring (bicyclic) bond motifs is 1. The average molecular weight is 586 g/mol. The summed E-state index contributed by atoms with van der Waals surface area (Å²) in [6, 6.07) is 12.7. The maximum Gasteiger partial charge on any atom is 0.253 e. The van der Waals surface area contributed by atoms with E-state index in [1.54, 1.807) is 40.8 Å². The number of aromatic nitrogens is 6. The monoisotopic (exact) mass is 585 g/mol. The Labute approximate surface area is 254 Å². The third kappa shape index (κ3) is 4.28. The van der Waals surface area contributed by atoms with Crippen LogP contribution in [0.4, 0.5) is 5.82 Å². The van der Waals surface area contributed by atoms with Crippen molar-refractivity contribution in [2.45, 2.75) is 49.7 Å². The summed E-state index contributed by atoms with van der Waals surface area (Å²) < 4.78 is 8.68. The molecule has 5 aromatic rings. The van der Waals surface area contributed by atoms with E-state index < -0.39 is 0 Å². The lowest BCUT2D eigenvalue weighted by molar-refractivity contribution is 0.0359. The van der Waals surface area contributed by atoms with Crippen LogP contribution in [0.5, 0.6) is 5.88 Å². The van der Waals surface area contributed by atoms with Crippen LogP contribution in [0.1, 0.15) is 48.0 Å².